The lowest BCUT2D eigenvalue weighted by Gasteiger charge is -2.24. The van der Waals surface area contributed by atoms with Crippen LogP contribution in [0.1, 0.15) is 20.8 Å². The molecule has 0 unspecified atom stereocenters. The number of carbonyl (C=O) groups excluding carboxylic acids is 1. The molecule has 1 aliphatic rings. The van der Waals surface area contributed by atoms with E-state index in [-0.39, 0.29) is 5.88 Å². The van der Waals surface area contributed by atoms with Gasteiger partial charge in [-0.15, -0.1) is 0 Å². The predicted molar refractivity (Wildman–Crippen MR) is 73.8 cm³/mol. The van der Waals surface area contributed by atoms with Crippen LogP contribution in [0.25, 0.3) is 0 Å². The molecule has 0 spiro atoms. The molecule has 118 valence electrons. The number of carbonyl (C=O) groups is 1. The van der Waals surface area contributed by atoms with Gasteiger partial charge in [-0.1, -0.05) is 0 Å². The van der Waals surface area contributed by atoms with Crippen LogP contribution in [-0.4, -0.2) is 54.7 Å². The van der Waals surface area contributed by atoms with E-state index in [9.17, 15) is 4.79 Å². The number of nitrogens with one attached hydrogen (secondary N) is 1. The third kappa shape index (κ3) is 5.68. The molecule has 1 aliphatic heterocycles. The summed E-state index contributed by atoms with van der Waals surface area (Å²) in [5.41, 5.74) is -0.545. The van der Waals surface area contributed by atoms with Gasteiger partial charge in [-0.2, -0.15) is 0 Å². The number of anilines is 1. The summed E-state index contributed by atoms with van der Waals surface area (Å²) < 4.78 is 17.1. The monoisotopic (exact) mass is 299 g/mol. The molecule has 1 N–H and O–H groups in total. The fraction of sp³-hybridized carbons (Fsp3) is 0.769. The highest BCUT2D eigenvalue weighted by Gasteiger charge is 2.20. The fourth-order valence-corrected chi connectivity index (χ4v) is 1.91. The van der Waals surface area contributed by atoms with Gasteiger partial charge in [0.05, 0.1) is 19.8 Å². The van der Waals surface area contributed by atoms with Crippen molar-refractivity contribution in [3.05, 3.63) is 6.20 Å². The van der Waals surface area contributed by atoms with E-state index in [1.165, 1.54) is 0 Å². The van der Waals surface area contributed by atoms with Gasteiger partial charge in [-0.05, 0) is 25.5 Å². The van der Waals surface area contributed by atoms with Crippen LogP contribution in [0.5, 0.6) is 0 Å². The summed E-state index contributed by atoms with van der Waals surface area (Å²) in [7, 11) is 0. The van der Waals surface area contributed by atoms with E-state index in [4.69, 9.17) is 14.0 Å². The zero-order valence-corrected chi connectivity index (χ0v) is 12.8. The summed E-state index contributed by atoms with van der Waals surface area (Å²) >= 11 is 0. The molecule has 8 heteroatoms. The second kappa shape index (κ2) is 6.86. The first-order chi connectivity index (χ1) is 9.92. The molecule has 1 aromatic rings. The molecule has 1 amide bonds. The molecule has 2 heterocycles. The molecular weight excluding hydrogens is 276 g/mol. The maximum atomic E-state index is 11.6. The van der Waals surface area contributed by atoms with Gasteiger partial charge >= 0.3 is 12.0 Å². The quantitative estimate of drug-likeness (QED) is 0.822. The smallest absolute Gasteiger partial charge is 0.414 e. The van der Waals surface area contributed by atoms with Crippen LogP contribution >= 0.6 is 0 Å². The molecule has 2 rings (SSSR count). The van der Waals surface area contributed by atoms with Crippen molar-refractivity contribution in [2.45, 2.75) is 32.9 Å². The maximum Gasteiger partial charge on any atom is 0.414 e. The highest BCUT2D eigenvalue weighted by Crippen LogP contribution is 2.09. The van der Waals surface area contributed by atoms with Crippen molar-refractivity contribution in [1.82, 2.24) is 10.2 Å². The Balaban J connectivity index is 1.77. The Bertz CT molecular complexity index is 463. The van der Waals surface area contributed by atoms with Crippen LogP contribution < -0.4 is 10.00 Å². The highest BCUT2D eigenvalue weighted by atomic mass is 16.6. The molecule has 0 saturated carbocycles. The fourth-order valence-electron chi connectivity index (χ4n) is 1.91. The third-order valence-corrected chi connectivity index (χ3v) is 2.88. The van der Waals surface area contributed by atoms with Gasteiger partial charge in [0.1, 0.15) is 5.60 Å². The molecule has 21 heavy (non-hydrogen) atoms. The minimum atomic E-state index is -0.557. The van der Waals surface area contributed by atoms with Gasteiger partial charge < -0.3 is 9.47 Å². The van der Waals surface area contributed by atoms with Gasteiger partial charge in [-0.3, -0.25) is 14.7 Å². The van der Waals surface area contributed by atoms with E-state index in [1.54, 1.807) is 31.6 Å². The number of rotatable bonds is 4. The first-order valence-corrected chi connectivity index (χ1v) is 7.09. The Morgan fingerprint density at radius 2 is 2.19 bits per heavy atom. The molecule has 8 nitrogen and oxygen atoms in total. The maximum absolute atomic E-state index is 11.6. The molecule has 0 radical (unpaired) electrons. The summed E-state index contributed by atoms with van der Waals surface area (Å²) in [5, 5.41) is 6.38. The Morgan fingerprint density at radius 1 is 1.48 bits per heavy atom. The second-order valence-corrected chi connectivity index (χ2v) is 5.91. The van der Waals surface area contributed by atoms with Crippen molar-refractivity contribution < 1.29 is 23.5 Å². The van der Waals surface area contributed by atoms with Crippen molar-refractivity contribution in [3.63, 3.8) is 0 Å². The number of nitrogens with zero attached hydrogens (tertiary/aromatic N) is 3. The number of amides is 1. The van der Waals surface area contributed by atoms with Crippen LogP contribution in [0, 0.1) is 0 Å². The lowest BCUT2D eigenvalue weighted by molar-refractivity contribution is -0.761. The molecule has 1 fully saturated rings. The molecule has 1 aromatic heterocycles. The van der Waals surface area contributed by atoms with Crippen molar-refractivity contribution >= 4 is 12.0 Å². The lowest BCUT2D eigenvalue weighted by atomic mass is 10.2. The topological polar surface area (TPSA) is 80.7 Å². The van der Waals surface area contributed by atoms with E-state index in [0.29, 0.717) is 6.54 Å². The first kappa shape index (κ1) is 15.7. The summed E-state index contributed by atoms with van der Waals surface area (Å²) in [6.45, 7) is 10.4. The minimum absolute atomic E-state index is 0.270. The Morgan fingerprint density at radius 3 is 2.86 bits per heavy atom. The van der Waals surface area contributed by atoms with Crippen LogP contribution in [-0.2, 0) is 16.0 Å². The van der Waals surface area contributed by atoms with Crippen LogP contribution in [0.15, 0.2) is 10.7 Å². The largest absolute Gasteiger partial charge is 0.444 e. The lowest BCUT2D eigenvalue weighted by Crippen LogP contribution is -2.45. The zero-order valence-electron chi connectivity index (χ0n) is 12.8. The molecule has 0 atom stereocenters. The first-order valence-electron chi connectivity index (χ1n) is 7.09. The minimum Gasteiger partial charge on any atom is -0.444 e. The van der Waals surface area contributed by atoms with E-state index in [2.05, 4.69) is 15.5 Å². The summed E-state index contributed by atoms with van der Waals surface area (Å²) in [6, 6.07) is 0. The summed E-state index contributed by atoms with van der Waals surface area (Å²) in [6.07, 6.45) is 1.09. The Hall–Kier alpha value is -1.67. The van der Waals surface area contributed by atoms with Crippen molar-refractivity contribution in [1.29, 1.82) is 0 Å². The van der Waals surface area contributed by atoms with Crippen molar-refractivity contribution in [2.75, 3.05) is 38.2 Å². The van der Waals surface area contributed by atoms with Gasteiger partial charge in [0.15, 0.2) is 6.54 Å². The number of morpholine rings is 1. The van der Waals surface area contributed by atoms with Gasteiger partial charge in [0.2, 0.25) is 5.27 Å². The SMILES string of the molecule is CC(C)(C)OC(=O)Nc1c[n+](CCN2CCOCC2)no1. The van der Waals surface area contributed by atoms with Crippen LogP contribution in [0.4, 0.5) is 10.7 Å². The average Bonchev–Trinajstić information content (AvgIpc) is 2.83. The second-order valence-electron chi connectivity index (χ2n) is 5.91. The molecule has 0 bridgehead atoms. The van der Waals surface area contributed by atoms with E-state index < -0.39 is 11.7 Å². The van der Waals surface area contributed by atoms with Crippen molar-refractivity contribution in [2.24, 2.45) is 0 Å². The molecule has 0 aromatic carbocycles. The van der Waals surface area contributed by atoms with E-state index in [0.717, 1.165) is 32.8 Å². The number of aromatic nitrogens is 2. The van der Waals surface area contributed by atoms with Crippen LogP contribution in [0.2, 0.25) is 0 Å². The van der Waals surface area contributed by atoms with E-state index in [1.807, 2.05) is 0 Å². The Kier molecular flexibility index (Phi) is 5.13. The average molecular weight is 299 g/mol. The Labute approximate surface area is 124 Å². The molecular formula is C13H23N4O4+. The summed E-state index contributed by atoms with van der Waals surface area (Å²) in [5.74, 6) is 0.270. The van der Waals surface area contributed by atoms with Gasteiger partial charge in [-0.25, -0.2) is 4.79 Å². The third-order valence-electron chi connectivity index (χ3n) is 2.88. The zero-order chi connectivity index (χ0) is 15.3. The molecule has 0 aliphatic carbocycles. The normalized spacial score (nSPS) is 16.7. The van der Waals surface area contributed by atoms with Crippen molar-refractivity contribution in [3.8, 4) is 0 Å². The van der Waals surface area contributed by atoms with E-state index >= 15 is 0 Å². The standard InChI is InChI=1S/C13H22N4O4/c1-13(2,3)20-12(18)14-11-10-17(15-21-11)5-4-16-6-8-19-9-7-16/h10H,4-9H2,1-3H3/p+1. The number of hydrogen-bond acceptors (Lipinski definition) is 6. The highest BCUT2D eigenvalue weighted by molar-refractivity contribution is 5.82. The predicted octanol–water partition coefficient (Wildman–Crippen LogP) is 0.641. The van der Waals surface area contributed by atoms with Gasteiger partial charge in [0, 0.05) is 13.1 Å². The number of ether oxygens (including phenoxy) is 2. The summed E-state index contributed by atoms with van der Waals surface area (Å²) in [4.78, 5) is 13.9. The van der Waals surface area contributed by atoms with Crippen LogP contribution in [0.3, 0.4) is 0 Å². The number of hydrogen-bond donors (Lipinski definition) is 1. The van der Waals surface area contributed by atoms with Gasteiger partial charge in [0.25, 0.3) is 6.20 Å². The molecule has 1 saturated heterocycles.